The molecule has 0 aliphatic heterocycles. The Morgan fingerprint density at radius 1 is 0.396 bits per heavy atom. The van der Waals surface area contributed by atoms with Crippen molar-refractivity contribution in [1.29, 1.82) is 0 Å². The highest BCUT2D eigenvalue weighted by molar-refractivity contribution is 7.27. The Hall–Kier alpha value is -6.22. The summed E-state index contributed by atoms with van der Waals surface area (Å²) in [5, 5.41) is 2.62. The van der Waals surface area contributed by atoms with Crippen LogP contribution >= 0.6 is 11.3 Å². The van der Waals surface area contributed by atoms with Gasteiger partial charge in [-0.3, -0.25) is 0 Å². The summed E-state index contributed by atoms with van der Waals surface area (Å²) in [6.07, 6.45) is 0. The maximum atomic E-state index is 2.44. The van der Waals surface area contributed by atoms with Gasteiger partial charge in [0.15, 0.2) is 0 Å². The van der Waals surface area contributed by atoms with Crippen LogP contribution in [0.3, 0.4) is 0 Å². The first kappa shape index (κ1) is 31.5. The fraction of sp³-hybridized carbons (Fsp3) is 0.0588. The molecule has 0 spiro atoms. The maximum absolute atomic E-state index is 2.44. The quantitative estimate of drug-likeness (QED) is 0.167. The first-order valence-electron chi connectivity index (χ1n) is 18.3. The Morgan fingerprint density at radius 3 is 1.57 bits per heavy atom. The van der Waals surface area contributed by atoms with E-state index < -0.39 is 0 Å². The molecule has 0 unspecified atom stereocenters. The second-order valence-corrected chi connectivity index (χ2v) is 15.6. The molecule has 1 aromatic heterocycles. The van der Waals surface area contributed by atoms with E-state index in [9.17, 15) is 0 Å². The predicted octanol–water partition coefficient (Wildman–Crippen LogP) is 14.8. The Morgan fingerprint density at radius 2 is 0.906 bits per heavy atom. The summed E-state index contributed by atoms with van der Waals surface area (Å²) in [5.74, 6) is 0. The number of hydrogen-bond acceptors (Lipinski definition) is 2. The molecule has 1 aliphatic carbocycles. The van der Waals surface area contributed by atoms with Crippen LogP contribution in [0.2, 0.25) is 0 Å². The minimum atomic E-state index is -0.0337. The van der Waals surface area contributed by atoms with Crippen molar-refractivity contribution in [2.24, 2.45) is 0 Å². The summed E-state index contributed by atoms with van der Waals surface area (Å²) in [7, 11) is 0. The van der Waals surface area contributed by atoms with Gasteiger partial charge in [-0.15, -0.1) is 11.3 Å². The molecule has 1 nitrogen and oxygen atoms in total. The summed E-state index contributed by atoms with van der Waals surface area (Å²) in [6, 6.07) is 68.7. The van der Waals surface area contributed by atoms with Gasteiger partial charge in [0.05, 0.1) is 10.4 Å². The lowest BCUT2D eigenvalue weighted by Crippen LogP contribution is -2.14. The standard InChI is InChI=1S/C51H37NS/c1-51(2)45-21-10-9-19-44(45)48-46(51)32-31-43-42-20-12-22-47(49(42)53-50(43)48)52(40-27-23-36(24-28-40)34-13-5-3-6-14-34)41-29-25-37(26-30-41)39-18-11-17-38(33-39)35-15-7-4-8-16-35/h3-33H,1-2H3. The van der Waals surface area contributed by atoms with Crippen molar-refractivity contribution in [3.63, 3.8) is 0 Å². The summed E-state index contributed by atoms with van der Waals surface area (Å²) in [4.78, 5) is 2.44. The van der Waals surface area contributed by atoms with Crippen LogP contribution < -0.4 is 4.90 Å². The third-order valence-corrected chi connectivity index (χ3v) is 12.4. The number of fused-ring (bicyclic) bond motifs is 7. The normalized spacial score (nSPS) is 12.9. The summed E-state index contributed by atoms with van der Waals surface area (Å²) in [5.41, 5.74) is 16.3. The highest BCUT2D eigenvalue weighted by Gasteiger charge is 2.37. The van der Waals surface area contributed by atoms with Crippen molar-refractivity contribution in [1.82, 2.24) is 0 Å². The van der Waals surface area contributed by atoms with Crippen molar-refractivity contribution < 1.29 is 0 Å². The van der Waals surface area contributed by atoms with Crippen LogP contribution in [0, 0.1) is 0 Å². The molecule has 0 bridgehead atoms. The fourth-order valence-electron chi connectivity index (χ4n) is 8.38. The first-order valence-corrected chi connectivity index (χ1v) is 19.2. The van der Waals surface area contributed by atoms with Gasteiger partial charge in [-0.25, -0.2) is 0 Å². The van der Waals surface area contributed by atoms with Crippen molar-refractivity contribution in [2.45, 2.75) is 19.3 Å². The van der Waals surface area contributed by atoms with Gasteiger partial charge in [0.1, 0.15) is 0 Å². The molecule has 0 saturated heterocycles. The zero-order chi connectivity index (χ0) is 35.5. The molecule has 252 valence electrons. The van der Waals surface area contributed by atoms with Crippen molar-refractivity contribution in [2.75, 3.05) is 4.90 Å². The average Bonchev–Trinajstić information content (AvgIpc) is 3.72. The van der Waals surface area contributed by atoms with Crippen molar-refractivity contribution in [3.05, 3.63) is 199 Å². The molecule has 0 saturated carbocycles. The van der Waals surface area contributed by atoms with Crippen LogP contribution in [0.1, 0.15) is 25.0 Å². The largest absolute Gasteiger partial charge is 0.309 e. The predicted molar refractivity (Wildman–Crippen MR) is 228 cm³/mol. The van der Waals surface area contributed by atoms with Gasteiger partial charge in [0, 0.05) is 37.8 Å². The van der Waals surface area contributed by atoms with Gasteiger partial charge in [-0.2, -0.15) is 0 Å². The number of nitrogens with zero attached hydrogens (tertiary/aromatic N) is 1. The molecule has 10 rings (SSSR count). The van der Waals surface area contributed by atoms with Crippen LogP contribution in [0.4, 0.5) is 17.1 Å². The molecule has 8 aromatic carbocycles. The van der Waals surface area contributed by atoms with Gasteiger partial charge in [-0.1, -0.05) is 166 Å². The van der Waals surface area contributed by atoms with Crippen molar-refractivity contribution >= 4 is 48.6 Å². The minimum absolute atomic E-state index is 0.0337. The average molecular weight is 696 g/mol. The molecular weight excluding hydrogens is 659 g/mol. The molecule has 0 radical (unpaired) electrons. The van der Waals surface area contributed by atoms with Crippen LogP contribution in [0.15, 0.2) is 188 Å². The topological polar surface area (TPSA) is 3.24 Å². The van der Waals surface area contributed by atoms with E-state index in [0.29, 0.717) is 0 Å². The van der Waals surface area contributed by atoms with Gasteiger partial charge in [0.2, 0.25) is 0 Å². The molecule has 2 heteroatoms. The maximum Gasteiger partial charge on any atom is 0.0640 e. The molecule has 9 aromatic rings. The Balaban J connectivity index is 1.13. The summed E-state index contributed by atoms with van der Waals surface area (Å²) < 4.78 is 2.67. The monoisotopic (exact) mass is 695 g/mol. The third-order valence-electron chi connectivity index (χ3n) is 11.1. The van der Waals surface area contributed by atoms with Gasteiger partial charge in [-0.05, 0) is 86.5 Å². The molecule has 53 heavy (non-hydrogen) atoms. The first-order chi connectivity index (χ1) is 26.0. The van der Waals surface area contributed by atoms with E-state index in [0.717, 1.165) is 11.4 Å². The van der Waals surface area contributed by atoms with E-state index in [-0.39, 0.29) is 5.41 Å². The molecule has 0 atom stereocenters. The number of thiophene rings is 1. The molecule has 0 fully saturated rings. The Bertz CT molecular complexity index is 2780. The molecule has 0 amide bonds. The Kier molecular flexibility index (Phi) is 7.42. The van der Waals surface area contributed by atoms with E-state index in [1.165, 1.54) is 81.5 Å². The lowest BCUT2D eigenvalue weighted by Gasteiger charge is -2.26. The van der Waals surface area contributed by atoms with E-state index >= 15 is 0 Å². The van der Waals surface area contributed by atoms with Gasteiger partial charge >= 0.3 is 0 Å². The van der Waals surface area contributed by atoms with E-state index in [2.05, 4.69) is 207 Å². The number of anilines is 3. The van der Waals surface area contributed by atoms with E-state index in [1.807, 2.05) is 11.3 Å². The fourth-order valence-corrected chi connectivity index (χ4v) is 9.74. The van der Waals surface area contributed by atoms with Crippen LogP contribution in [-0.4, -0.2) is 0 Å². The van der Waals surface area contributed by atoms with Gasteiger partial charge in [0.25, 0.3) is 0 Å². The lowest BCUT2D eigenvalue weighted by molar-refractivity contribution is 0.661. The second kappa shape index (κ2) is 12.5. The Labute approximate surface area is 315 Å². The molecule has 0 N–H and O–H groups in total. The van der Waals surface area contributed by atoms with E-state index in [4.69, 9.17) is 0 Å². The lowest BCUT2D eigenvalue weighted by atomic mass is 9.82. The smallest absolute Gasteiger partial charge is 0.0640 e. The molecular formula is C51H37NS. The zero-order valence-corrected chi connectivity index (χ0v) is 30.6. The molecule has 1 heterocycles. The number of hydrogen-bond donors (Lipinski definition) is 0. The number of benzene rings is 8. The second-order valence-electron chi connectivity index (χ2n) is 14.5. The summed E-state index contributed by atoms with van der Waals surface area (Å²) >= 11 is 1.93. The SMILES string of the molecule is CC1(C)c2ccccc2-c2c1ccc1c2sc2c(N(c3ccc(-c4ccccc4)cc3)c3ccc(-c4cccc(-c5ccccc5)c4)cc3)cccc21. The van der Waals surface area contributed by atoms with Crippen LogP contribution in [0.25, 0.3) is 64.7 Å². The highest BCUT2D eigenvalue weighted by atomic mass is 32.1. The van der Waals surface area contributed by atoms with Crippen LogP contribution in [0.5, 0.6) is 0 Å². The number of rotatable bonds is 6. The summed E-state index contributed by atoms with van der Waals surface area (Å²) in [6.45, 7) is 4.73. The zero-order valence-electron chi connectivity index (χ0n) is 29.8. The molecule has 1 aliphatic rings. The third kappa shape index (κ3) is 5.21. The minimum Gasteiger partial charge on any atom is -0.309 e. The van der Waals surface area contributed by atoms with Gasteiger partial charge < -0.3 is 4.90 Å². The van der Waals surface area contributed by atoms with E-state index in [1.54, 1.807) is 0 Å². The van der Waals surface area contributed by atoms with Crippen molar-refractivity contribution in [3.8, 4) is 44.5 Å². The van der Waals surface area contributed by atoms with Crippen LogP contribution in [-0.2, 0) is 5.41 Å². The highest BCUT2D eigenvalue weighted by Crippen LogP contribution is 2.55.